The number of benzene rings is 1. The Balaban J connectivity index is 1.46. The number of rotatable bonds is 1. The molecule has 0 spiro atoms. The molecule has 0 amide bonds. The molecule has 1 atom stereocenters. The first-order valence-electron chi connectivity index (χ1n) is 8.63. The predicted molar refractivity (Wildman–Crippen MR) is 85.2 cm³/mol. The maximum absolute atomic E-state index is 7.74. The summed E-state index contributed by atoms with van der Waals surface area (Å²) in [6.07, 6.45) is 2.59. The van der Waals surface area contributed by atoms with Gasteiger partial charge in [0.15, 0.2) is 0 Å². The molecule has 0 N–H and O–H groups in total. The quantitative estimate of drug-likeness (QED) is 0.782. The first kappa shape index (κ1) is 12.3. The molecule has 1 aromatic carbocycles. The van der Waals surface area contributed by atoms with E-state index in [4.69, 9.17) is 6.11 Å². The molecule has 1 aromatic rings. The van der Waals surface area contributed by atoms with Crippen LogP contribution >= 0.6 is 0 Å². The van der Waals surface area contributed by atoms with Gasteiger partial charge in [0, 0.05) is 25.7 Å². The van der Waals surface area contributed by atoms with E-state index in [1.54, 1.807) is 0 Å². The number of piperidine rings is 1. The van der Waals surface area contributed by atoms with Crippen LogP contribution in [0.1, 0.15) is 14.2 Å². The van der Waals surface area contributed by atoms with E-state index in [9.17, 15) is 0 Å². The highest BCUT2D eigenvalue weighted by atomic mass is 16.5. The molecular weight excluding hydrogens is 262 g/mol. The van der Waals surface area contributed by atoms with Crippen molar-refractivity contribution in [2.75, 3.05) is 51.3 Å². The monoisotopic (exact) mass is 288 g/mol. The van der Waals surface area contributed by atoms with E-state index in [0.29, 0.717) is 12.1 Å². The molecule has 4 rings (SSSR count). The molecular formula is C17H25N3O. The van der Waals surface area contributed by atoms with Crippen LogP contribution in [0.4, 0.5) is 5.69 Å². The summed E-state index contributed by atoms with van der Waals surface area (Å²) in [7, 11) is 2.22. The second-order valence-corrected chi connectivity index (χ2v) is 6.58. The molecule has 3 aliphatic rings. The molecule has 3 heterocycles. The van der Waals surface area contributed by atoms with E-state index < -0.39 is 0 Å². The van der Waals surface area contributed by atoms with Gasteiger partial charge in [0.05, 0.1) is 13.1 Å². The largest absolute Gasteiger partial charge is 0.489 e. The average molecular weight is 288 g/mol. The highest BCUT2D eigenvalue weighted by Gasteiger charge is 2.35. The minimum absolute atomic E-state index is 0.456. The van der Waals surface area contributed by atoms with Crippen molar-refractivity contribution in [3.05, 3.63) is 24.2 Å². The Morgan fingerprint density at radius 1 is 1.14 bits per heavy atom. The third-order valence-corrected chi connectivity index (χ3v) is 5.26. The number of fused-ring (bicyclic) bond motifs is 3. The van der Waals surface area contributed by atoms with E-state index in [-0.39, 0.29) is 0 Å². The van der Waals surface area contributed by atoms with Gasteiger partial charge in [-0.3, -0.25) is 4.90 Å². The first-order chi connectivity index (χ1) is 10.7. The molecule has 0 radical (unpaired) electrons. The van der Waals surface area contributed by atoms with Gasteiger partial charge in [0.2, 0.25) is 0 Å². The molecule has 4 heteroatoms. The summed E-state index contributed by atoms with van der Waals surface area (Å²) in [5, 5.41) is 0. The van der Waals surface area contributed by atoms with Crippen LogP contribution in [-0.4, -0.2) is 68.3 Å². The Kier molecular flexibility index (Phi) is 3.22. The Hall–Kier alpha value is -1.26. The number of ether oxygens (including phenoxy) is 1. The van der Waals surface area contributed by atoms with Crippen molar-refractivity contribution < 1.29 is 6.11 Å². The highest BCUT2D eigenvalue weighted by molar-refractivity contribution is 5.61. The third-order valence-electron chi connectivity index (χ3n) is 5.26. The lowest BCUT2D eigenvalue weighted by Crippen LogP contribution is -2.60. The van der Waals surface area contributed by atoms with Gasteiger partial charge in [-0.15, -0.1) is 0 Å². The Bertz CT molecular complexity index is 545. The van der Waals surface area contributed by atoms with Crippen LogP contribution in [0, 0.1) is 0 Å². The van der Waals surface area contributed by atoms with Gasteiger partial charge in [-0.2, -0.15) is 0 Å². The molecule has 114 valence electrons. The Morgan fingerprint density at radius 2 is 2.00 bits per heavy atom. The van der Waals surface area contributed by atoms with E-state index in [1.807, 2.05) is 12.1 Å². The van der Waals surface area contributed by atoms with Gasteiger partial charge in [-0.05, 0) is 45.1 Å². The second kappa shape index (κ2) is 5.50. The Morgan fingerprint density at radius 3 is 2.86 bits per heavy atom. The van der Waals surface area contributed by atoms with Crippen LogP contribution in [0.25, 0.3) is 0 Å². The Labute approximate surface area is 128 Å². The zero-order chi connectivity index (χ0) is 15.1. The fraction of sp³-hybridized carbons (Fsp3) is 0.647. The summed E-state index contributed by atoms with van der Waals surface area (Å²) in [5.74, 6) is 0.886. The van der Waals surface area contributed by atoms with Crippen LogP contribution in [0.15, 0.2) is 24.2 Å². The van der Waals surface area contributed by atoms with Crippen molar-refractivity contribution in [1.29, 1.82) is 0 Å². The normalized spacial score (nSPS) is 28.5. The zero-order valence-corrected chi connectivity index (χ0v) is 12.8. The zero-order valence-electron chi connectivity index (χ0n) is 13.8. The summed E-state index contributed by atoms with van der Waals surface area (Å²) < 4.78 is 13.7. The molecule has 2 fully saturated rings. The van der Waals surface area contributed by atoms with Crippen molar-refractivity contribution in [3.63, 3.8) is 0 Å². The van der Waals surface area contributed by atoms with E-state index in [2.05, 4.69) is 27.8 Å². The van der Waals surface area contributed by atoms with E-state index >= 15 is 0 Å². The molecule has 3 aliphatic heterocycles. The number of hydrogen-bond acceptors (Lipinski definition) is 4. The molecule has 0 aromatic heterocycles. The lowest BCUT2D eigenvalue weighted by molar-refractivity contribution is 0.0868. The molecule has 0 bridgehead atoms. The maximum Gasteiger partial charge on any atom is 0.142 e. The summed E-state index contributed by atoms with van der Waals surface area (Å²) in [6, 6.07) is 7.49. The number of piperazine rings is 1. The lowest BCUT2D eigenvalue weighted by atomic mass is 10.00. The predicted octanol–water partition coefficient (Wildman–Crippen LogP) is 1.66. The molecule has 4 nitrogen and oxygen atoms in total. The van der Waals surface area contributed by atoms with Gasteiger partial charge in [0.25, 0.3) is 0 Å². The fourth-order valence-corrected chi connectivity index (χ4v) is 3.98. The van der Waals surface area contributed by atoms with E-state index in [0.717, 1.165) is 38.0 Å². The van der Waals surface area contributed by atoms with Crippen molar-refractivity contribution >= 4 is 5.69 Å². The second-order valence-electron chi connectivity index (χ2n) is 6.58. The molecule has 0 aliphatic carbocycles. The van der Waals surface area contributed by atoms with Gasteiger partial charge in [-0.1, -0.05) is 12.1 Å². The number of para-hydroxylation sites is 2. The number of hydrogen-bond donors (Lipinski definition) is 0. The number of nitrogens with zero attached hydrogens (tertiary/aromatic N) is 3. The molecule has 0 saturated carbocycles. The SMILES string of the molecule is [2H]c1ccc2c(c1)OC[C@H]1CN(C3CCN(C)CC3)CCN21. The van der Waals surface area contributed by atoms with Gasteiger partial charge in [-0.25, -0.2) is 0 Å². The van der Waals surface area contributed by atoms with Crippen LogP contribution < -0.4 is 9.64 Å². The molecule has 0 unspecified atom stereocenters. The third kappa shape index (κ3) is 2.51. The van der Waals surface area contributed by atoms with Crippen molar-refractivity contribution in [3.8, 4) is 5.75 Å². The average Bonchev–Trinajstić information content (AvgIpc) is 2.54. The van der Waals surface area contributed by atoms with Gasteiger partial charge in [0.1, 0.15) is 12.4 Å². The summed E-state index contributed by atoms with van der Waals surface area (Å²) in [5.41, 5.74) is 1.18. The number of likely N-dealkylation sites (tertiary alicyclic amines) is 1. The maximum atomic E-state index is 7.74. The van der Waals surface area contributed by atoms with E-state index in [1.165, 1.54) is 31.6 Å². The van der Waals surface area contributed by atoms with Crippen LogP contribution in [0.2, 0.25) is 0 Å². The highest BCUT2D eigenvalue weighted by Crippen LogP contribution is 2.35. The minimum atomic E-state index is 0.456. The van der Waals surface area contributed by atoms with Gasteiger partial charge < -0.3 is 14.5 Å². The fourth-order valence-electron chi connectivity index (χ4n) is 3.98. The molecule has 2 saturated heterocycles. The van der Waals surface area contributed by atoms with Gasteiger partial charge >= 0.3 is 0 Å². The summed E-state index contributed by atoms with van der Waals surface area (Å²) in [6.45, 7) is 6.52. The summed E-state index contributed by atoms with van der Waals surface area (Å²) >= 11 is 0. The van der Waals surface area contributed by atoms with Crippen molar-refractivity contribution in [2.24, 2.45) is 0 Å². The molecule has 21 heavy (non-hydrogen) atoms. The topological polar surface area (TPSA) is 19.0 Å². The lowest BCUT2D eigenvalue weighted by Gasteiger charge is -2.48. The summed E-state index contributed by atoms with van der Waals surface area (Å²) in [4.78, 5) is 7.61. The minimum Gasteiger partial charge on any atom is -0.489 e. The number of anilines is 1. The standard InChI is InChI=1S/C17H25N3O/c1-18-8-6-14(7-9-18)19-10-11-20-15(12-19)13-21-17-5-3-2-4-16(17)20/h2-5,14-15H,6-13H2,1H3/t15-/m1/s1/i3D. The van der Waals surface area contributed by atoms with Crippen molar-refractivity contribution in [1.82, 2.24) is 9.80 Å². The smallest absolute Gasteiger partial charge is 0.142 e. The van der Waals surface area contributed by atoms with Crippen LogP contribution in [0.5, 0.6) is 5.75 Å². The van der Waals surface area contributed by atoms with Crippen LogP contribution in [-0.2, 0) is 0 Å². The van der Waals surface area contributed by atoms with Crippen LogP contribution in [0.3, 0.4) is 0 Å². The first-order valence-corrected chi connectivity index (χ1v) is 8.13. The van der Waals surface area contributed by atoms with Crippen molar-refractivity contribution in [2.45, 2.75) is 24.9 Å².